The lowest BCUT2D eigenvalue weighted by Crippen LogP contribution is -2.60. The van der Waals surface area contributed by atoms with Crippen LogP contribution < -0.4 is 0 Å². The second-order valence-corrected chi connectivity index (χ2v) is 20.8. The van der Waals surface area contributed by atoms with Gasteiger partial charge in [-0.05, 0) is 116 Å². The van der Waals surface area contributed by atoms with Crippen LogP contribution in [0.5, 0.6) is 0 Å². The predicted molar refractivity (Wildman–Crippen MR) is 193 cm³/mol. The van der Waals surface area contributed by atoms with Crippen LogP contribution in [-0.4, -0.2) is 102 Å². The van der Waals surface area contributed by atoms with E-state index < -0.39 is 23.9 Å². The van der Waals surface area contributed by atoms with Gasteiger partial charge in [0, 0.05) is 18.4 Å². The summed E-state index contributed by atoms with van der Waals surface area (Å²) in [7, 11) is 0. The smallest absolute Gasteiger partial charge is 0.306 e. The summed E-state index contributed by atoms with van der Waals surface area (Å²) in [6.07, 6.45) is 7.03. The average Bonchev–Trinajstić information content (AvgIpc) is 3.64. The van der Waals surface area contributed by atoms with E-state index in [1.807, 2.05) is 13.8 Å². The summed E-state index contributed by atoms with van der Waals surface area (Å²) in [4.78, 5) is 15.4. The molecule has 3 aliphatic heterocycles. The zero-order valence-electron chi connectivity index (χ0n) is 33.1. The molecule has 3 heterocycles. The van der Waals surface area contributed by atoms with E-state index in [2.05, 4.69) is 39.5 Å². The fourth-order valence-electron chi connectivity index (χ4n) is 14.6. The van der Waals surface area contributed by atoms with E-state index in [0.717, 1.165) is 52.2 Å². The normalized spacial score (nSPS) is 49.8. The van der Waals surface area contributed by atoms with E-state index >= 15 is 0 Å². The van der Waals surface area contributed by atoms with Gasteiger partial charge in [0.25, 0.3) is 0 Å². The standard InChI is InChI=1S/C42H69NO8/c1-24(2)18-31(44)51-36(38(6,7)46)27-19-25(3)33-34(49-27)35(45)40(9)29-11-10-28-37(4,5)30(50-32-20-43(16-17-48-32)26-21-47-22-26)12-13-41(28)23-42(29,41)15-14-39(33,40)8/h24-30,32-36,45-46H,10-23H2,1-9H3. The number of esters is 1. The molecule has 0 aromatic rings. The molecule has 3 saturated heterocycles. The minimum absolute atomic E-state index is 0.0475. The Kier molecular flexibility index (Phi) is 8.99. The molecule has 9 heteroatoms. The Balaban J connectivity index is 1.01. The Morgan fingerprint density at radius 1 is 1.02 bits per heavy atom. The van der Waals surface area contributed by atoms with Gasteiger partial charge >= 0.3 is 5.97 Å². The van der Waals surface area contributed by atoms with Gasteiger partial charge in [-0.15, -0.1) is 0 Å². The second kappa shape index (κ2) is 12.3. The Morgan fingerprint density at radius 3 is 2.39 bits per heavy atom. The quantitative estimate of drug-likeness (QED) is 0.294. The highest BCUT2D eigenvalue weighted by molar-refractivity contribution is 5.70. The predicted octanol–water partition coefficient (Wildman–Crippen LogP) is 5.97. The van der Waals surface area contributed by atoms with Crippen molar-refractivity contribution < 1.29 is 38.7 Å². The number of ether oxygens (including phenoxy) is 5. The van der Waals surface area contributed by atoms with Crippen LogP contribution in [-0.2, 0) is 28.5 Å². The van der Waals surface area contributed by atoms with Crippen molar-refractivity contribution in [2.75, 3.05) is 32.9 Å². The average molecular weight is 716 g/mol. The highest BCUT2D eigenvalue weighted by Crippen LogP contribution is 2.89. The molecule has 290 valence electrons. The largest absolute Gasteiger partial charge is 0.457 e. The third kappa shape index (κ3) is 5.34. The number of rotatable bonds is 8. The molecule has 9 nitrogen and oxygen atoms in total. The number of aliphatic hydroxyl groups is 2. The maximum absolute atomic E-state index is 12.9. The topological polar surface area (TPSA) is 107 Å². The van der Waals surface area contributed by atoms with Crippen molar-refractivity contribution in [3.8, 4) is 0 Å². The van der Waals surface area contributed by atoms with Crippen molar-refractivity contribution in [1.82, 2.24) is 4.90 Å². The molecule has 0 aromatic carbocycles. The highest BCUT2D eigenvalue weighted by atomic mass is 16.7. The molecule has 14 unspecified atom stereocenters. The third-order valence-corrected chi connectivity index (χ3v) is 17.2. The van der Waals surface area contributed by atoms with Gasteiger partial charge in [-0.3, -0.25) is 9.69 Å². The van der Waals surface area contributed by atoms with Crippen LogP contribution in [0.2, 0.25) is 0 Å². The van der Waals surface area contributed by atoms with Crippen LogP contribution in [0, 0.1) is 56.7 Å². The molecule has 0 bridgehead atoms. The Hall–Kier alpha value is -0.810. The van der Waals surface area contributed by atoms with E-state index in [1.165, 1.54) is 25.7 Å². The molecule has 8 rings (SSSR count). The molecule has 0 aromatic heterocycles. The van der Waals surface area contributed by atoms with E-state index in [4.69, 9.17) is 23.7 Å². The molecule has 0 amide bonds. The molecule has 51 heavy (non-hydrogen) atoms. The van der Waals surface area contributed by atoms with Crippen LogP contribution in [0.4, 0.5) is 0 Å². The fourth-order valence-corrected chi connectivity index (χ4v) is 14.6. The summed E-state index contributed by atoms with van der Waals surface area (Å²) in [5.41, 5.74) is -0.984. The van der Waals surface area contributed by atoms with Crippen LogP contribution in [0.15, 0.2) is 0 Å². The summed E-state index contributed by atoms with van der Waals surface area (Å²) in [5.74, 6) is 1.39. The first-order valence-electron chi connectivity index (χ1n) is 20.7. The summed E-state index contributed by atoms with van der Waals surface area (Å²) < 4.78 is 31.6. The van der Waals surface area contributed by atoms with Crippen molar-refractivity contribution in [3.63, 3.8) is 0 Å². The number of morpholine rings is 1. The monoisotopic (exact) mass is 716 g/mol. The van der Waals surface area contributed by atoms with Crippen molar-refractivity contribution in [2.45, 2.75) is 169 Å². The Labute approximate surface area is 307 Å². The number of nitrogens with zero attached hydrogens (tertiary/aromatic N) is 1. The van der Waals surface area contributed by atoms with Crippen molar-refractivity contribution in [3.05, 3.63) is 0 Å². The highest BCUT2D eigenvalue weighted by Gasteiger charge is 2.84. The van der Waals surface area contributed by atoms with E-state index in [-0.39, 0.29) is 63.9 Å². The zero-order valence-corrected chi connectivity index (χ0v) is 33.1. The summed E-state index contributed by atoms with van der Waals surface area (Å²) in [5, 5.41) is 24.0. The minimum atomic E-state index is -1.26. The lowest BCUT2D eigenvalue weighted by molar-refractivity contribution is -0.256. The number of aliphatic hydroxyl groups excluding tert-OH is 1. The van der Waals surface area contributed by atoms with Gasteiger partial charge in [0.2, 0.25) is 0 Å². The Morgan fingerprint density at radius 2 is 1.73 bits per heavy atom. The number of hydrogen-bond acceptors (Lipinski definition) is 9. The molecule has 5 aliphatic carbocycles. The molecule has 14 atom stereocenters. The van der Waals surface area contributed by atoms with Crippen LogP contribution in [0.25, 0.3) is 0 Å². The molecule has 5 saturated carbocycles. The van der Waals surface area contributed by atoms with Crippen molar-refractivity contribution in [2.24, 2.45) is 56.7 Å². The summed E-state index contributed by atoms with van der Waals surface area (Å²) >= 11 is 0. The van der Waals surface area contributed by atoms with Gasteiger partial charge in [-0.2, -0.15) is 0 Å². The fraction of sp³-hybridized carbons (Fsp3) is 0.976. The van der Waals surface area contributed by atoms with Gasteiger partial charge < -0.3 is 33.9 Å². The maximum Gasteiger partial charge on any atom is 0.306 e. The second-order valence-electron chi connectivity index (χ2n) is 20.8. The first-order chi connectivity index (χ1) is 23.9. The maximum atomic E-state index is 12.9. The molecular formula is C42H69NO8. The minimum Gasteiger partial charge on any atom is -0.457 e. The number of carbonyl (C=O) groups is 1. The molecular weight excluding hydrogens is 646 g/mol. The molecule has 0 radical (unpaired) electrons. The number of carbonyl (C=O) groups excluding carboxylic acids is 1. The SMILES string of the molecule is CC(C)CC(=O)OC(C1CC(C)C2C(O1)C(O)C1(C)C3CCC4C(C)(C)C(OC5CN(C6COC6)CCO5)CCC45CC35CCC21C)C(C)(C)O. The summed E-state index contributed by atoms with van der Waals surface area (Å²) in [6, 6.07) is 0.506. The van der Waals surface area contributed by atoms with Crippen LogP contribution >= 0.6 is 0 Å². The van der Waals surface area contributed by atoms with E-state index in [1.54, 1.807) is 13.8 Å². The lowest BCUT2D eigenvalue weighted by atomic mass is 9.41. The van der Waals surface area contributed by atoms with Gasteiger partial charge in [0.15, 0.2) is 12.4 Å². The van der Waals surface area contributed by atoms with Crippen molar-refractivity contribution >= 4 is 5.97 Å². The molecule has 2 N–H and O–H groups in total. The first kappa shape index (κ1) is 37.1. The lowest BCUT2D eigenvalue weighted by Gasteiger charge is -2.64. The van der Waals surface area contributed by atoms with E-state index in [0.29, 0.717) is 36.1 Å². The van der Waals surface area contributed by atoms with E-state index in [9.17, 15) is 15.0 Å². The van der Waals surface area contributed by atoms with Gasteiger partial charge in [0.1, 0.15) is 0 Å². The zero-order chi connectivity index (χ0) is 36.5. The number of fused-ring (bicyclic) bond motifs is 4. The van der Waals surface area contributed by atoms with Crippen LogP contribution in [0.1, 0.15) is 120 Å². The first-order valence-corrected chi connectivity index (χ1v) is 20.7. The van der Waals surface area contributed by atoms with Crippen molar-refractivity contribution in [1.29, 1.82) is 0 Å². The van der Waals surface area contributed by atoms with Gasteiger partial charge in [0.05, 0.1) is 62.4 Å². The molecule has 8 aliphatic rings. The third-order valence-electron chi connectivity index (χ3n) is 17.2. The van der Waals surface area contributed by atoms with Gasteiger partial charge in [-0.1, -0.05) is 48.5 Å². The number of hydrogen-bond donors (Lipinski definition) is 2. The Bertz CT molecular complexity index is 1340. The summed E-state index contributed by atoms with van der Waals surface area (Å²) in [6.45, 7) is 23.8. The van der Waals surface area contributed by atoms with Crippen LogP contribution in [0.3, 0.4) is 0 Å². The van der Waals surface area contributed by atoms with Gasteiger partial charge in [-0.25, -0.2) is 0 Å². The molecule has 2 spiro atoms. The molecule has 8 fully saturated rings.